The van der Waals surface area contributed by atoms with Gasteiger partial charge in [-0.15, -0.1) is 0 Å². The third-order valence-corrected chi connectivity index (χ3v) is 3.62. The van der Waals surface area contributed by atoms with Gasteiger partial charge < -0.3 is 10.1 Å². The van der Waals surface area contributed by atoms with Crippen molar-refractivity contribution in [3.63, 3.8) is 0 Å². The Hall–Kier alpha value is -0.870. The van der Waals surface area contributed by atoms with Gasteiger partial charge in [-0.3, -0.25) is 0 Å². The van der Waals surface area contributed by atoms with Crippen LogP contribution in [-0.2, 0) is 10.2 Å². The molecule has 20 heavy (non-hydrogen) atoms. The molecule has 4 nitrogen and oxygen atoms in total. The Kier molecular flexibility index (Phi) is 5.22. The van der Waals surface area contributed by atoms with Gasteiger partial charge in [-0.25, -0.2) is 9.97 Å². The minimum absolute atomic E-state index is 0.109. The Morgan fingerprint density at radius 3 is 2.65 bits per heavy atom. The number of nitrogens with zero attached hydrogens (tertiary/aromatic N) is 2. The van der Waals surface area contributed by atoms with Crippen LogP contribution in [0.4, 0.5) is 5.82 Å². The second-order valence-corrected chi connectivity index (χ2v) is 6.74. The second kappa shape index (κ2) is 6.72. The lowest BCUT2D eigenvalue weighted by molar-refractivity contribution is 0.0658. The fraction of sp³-hybridized carbons (Fsp3) is 0.733. The van der Waals surface area contributed by atoms with Gasteiger partial charge in [0.15, 0.2) is 0 Å². The topological polar surface area (TPSA) is 47.0 Å². The fourth-order valence-electron chi connectivity index (χ4n) is 2.30. The van der Waals surface area contributed by atoms with Crippen LogP contribution < -0.4 is 5.32 Å². The smallest absolute Gasteiger partial charge is 0.137 e. The van der Waals surface area contributed by atoms with Crippen LogP contribution in [0, 0.1) is 0 Å². The number of rotatable bonds is 5. The summed E-state index contributed by atoms with van der Waals surface area (Å²) in [5, 5.41) is 3.74. The van der Waals surface area contributed by atoms with E-state index in [-0.39, 0.29) is 5.41 Å². The van der Waals surface area contributed by atoms with Gasteiger partial charge in [0.2, 0.25) is 0 Å². The molecule has 1 fully saturated rings. The third-order valence-electron chi connectivity index (χ3n) is 3.43. The Morgan fingerprint density at radius 2 is 2.00 bits per heavy atom. The maximum absolute atomic E-state index is 6.05. The van der Waals surface area contributed by atoms with Crippen LogP contribution in [0.3, 0.4) is 0 Å². The molecule has 0 unspecified atom stereocenters. The first-order chi connectivity index (χ1) is 9.45. The number of ether oxygens (including phenoxy) is 1. The maximum atomic E-state index is 6.05. The van der Waals surface area contributed by atoms with Gasteiger partial charge in [-0.2, -0.15) is 0 Å². The van der Waals surface area contributed by atoms with Crippen LogP contribution in [0.25, 0.3) is 0 Å². The van der Waals surface area contributed by atoms with Gasteiger partial charge in [0.05, 0.1) is 12.7 Å². The number of hydrogen-bond acceptors (Lipinski definition) is 4. The van der Waals surface area contributed by atoms with E-state index in [2.05, 4.69) is 36.1 Å². The first-order valence-electron chi connectivity index (χ1n) is 7.36. The Labute approximate surface area is 126 Å². The zero-order valence-corrected chi connectivity index (χ0v) is 13.3. The summed E-state index contributed by atoms with van der Waals surface area (Å²) in [4.78, 5) is 8.79. The third kappa shape index (κ3) is 4.60. The molecule has 1 heterocycles. The molecule has 1 saturated carbocycles. The van der Waals surface area contributed by atoms with E-state index in [1.807, 2.05) is 0 Å². The molecule has 0 amide bonds. The Bertz CT molecular complexity index is 439. The van der Waals surface area contributed by atoms with E-state index in [4.69, 9.17) is 16.3 Å². The normalized spacial score (nSPS) is 16.6. The summed E-state index contributed by atoms with van der Waals surface area (Å²) in [6.07, 6.45) is 5.46. The van der Waals surface area contributed by atoms with Crippen molar-refractivity contribution in [3.05, 3.63) is 17.0 Å². The van der Waals surface area contributed by atoms with Crippen molar-refractivity contribution in [2.24, 2.45) is 0 Å². The molecule has 1 aliphatic rings. The van der Waals surface area contributed by atoms with Crippen molar-refractivity contribution in [2.75, 3.05) is 18.5 Å². The van der Waals surface area contributed by atoms with Gasteiger partial charge in [0.25, 0.3) is 0 Å². The van der Waals surface area contributed by atoms with Crippen LogP contribution >= 0.6 is 11.6 Å². The highest BCUT2D eigenvalue weighted by Crippen LogP contribution is 2.22. The molecule has 0 atom stereocenters. The van der Waals surface area contributed by atoms with E-state index in [0.717, 1.165) is 18.2 Å². The summed E-state index contributed by atoms with van der Waals surface area (Å²) in [6.45, 7) is 7.67. The molecule has 1 N–H and O–H groups in total. The molecule has 0 aromatic carbocycles. The van der Waals surface area contributed by atoms with Crippen molar-refractivity contribution in [3.8, 4) is 0 Å². The molecule has 1 aromatic heterocycles. The summed E-state index contributed by atoms with van der Waals surface area (Å²) in [6, 6.07) is 1.76. The van der Waals surface area contributed by atoms with Crippen molar-refractivity contribution < 1.29 is 4.74 Å². The minimum Gasteiger partial charge on any atom is -0.376 e. The van der Waals surface area contributed by atoms with Gasteiger partial charge in [-0.05, 0) is 12.8 Å². The summed E-state index contributed by atoms with van der Waals surface area (Å²) < 4.78 is 5.81. The highest BCUT2D eigenvalue weighted by molar-refractivity contribution is 6.29. The van der Waals surface area contributed by atoms with Crippen molar-refractivity contribution in [1.29, 1.82) is 0 Å². The van der Waals surface area contributed by atoms with E-state index in [1.165, 1.54) is 25.7 Å². The van der Waals surface area contributed by atoms with Gasteiger partial charge >= 0.3 is 0 Å². The summed E-state index contributed by atoms with van der Waals surface area (Å²) in [7, 11) is 0. The molecular formula is C15H24ClN3O. The summed E-state index contributed by atoms with van der Waals surface area (Å²) >= 11 is 6.05. The molecule has 1 aliphatic carbocycles. The zero-order chi connectivity index (χ0) is 14.6. The molecule has 2 rings (SSSR count). The number of halogens is 1. The molecule has 112 valence electrons. The quantitative estimate of drug-likeness (QED) is 0.663. The SMILES string of the molecule is CC(C)(C)c1nc(Cl)cc(NCCOC2CCCC2)n1. The van der Waals surface area contributed by atoms with Gasteiger partial charge in [-0.1, -0.05) is 45.2 Å². The number of aromatic nitrogens is 2. The number of anilines is 1. The molecule has 5 heteroatoms. The average molecular weight is 298 g/mol. The standard InChI is InChI=1S/C15H24ClN3O/c1-15(2,3)14-18-12(16)10-13(19-14)17-8-9-20-11-6-4-5-7-11/h10-11H,4-9H2,1-3H3,(H,17,18,19). The first kappa shape index (κ1) is 15.5. The van der Waals surface area contributed by atoms with Gasteiger partial charge in [0.1, 0.15) is 16.8 Å². The predicted octanol–water partition coefficient (Wildman–Crippen LogP) is 3.80. The monoisotopic (exact) mass is 297 g/mol. The molecule has 0 radical (unpaired) electrons. The Balaban J connectivity index is 1.84. The lowest BCUT2D eigenvalue weighted by Gasteiger charge is -2.18. The largest absolute Gasteiger partial charge is 0.376 e. The lowest BCUT2D eigenvalue weighted by Crippen LogP contribution is -2.19. The molecule has 0 bridgehead atoms. The van der Waals surface area contributed by atoms with Crippen LogP contribution in [0.15, 0.2) is 6.07 Å². The number of nitrogens with one attached hydrogen (secondary N) is 1. The minimum atomic E-state index is -0.109. The number of hydrogen-bond donors (Lipinski definition) is 1. The highest BCUT2D eigenvalue weighted by atomic mass is 35.5. The lowest BCUT2D eigenvalue weighted by atomic mass is 9.96. The summed E-state index contributed by atoms with van der Waals surface area (Å²) in [5.41, 5.74) is -0.109. The van der Waals surface area contributed by atoms with E-state index in [9.17, 15) is 0 Å². The van der Waals surface area contributed by atoms with E-state index >= 15 is 0 Å². The highest BCUT2D eigenvalue weighted by Gasteiger charge is 2.19. The van der Waals surface area contributed by atoms with Crippen LogP contribution in [0.5, 0.6) is 0 Å². The van der Waals surface area contributed by atoms with Crippen LogP contribution in [-0.4, -0.2) is 29.2 Å². The van der Waals surface area contributed by atoms with Crippen LogP contribution in [0.1, 0.15) is 52.3 Å². The van der Waals surface area contributed by atoms with Gasteiger partial charge in [0, 0.05) is 18.0 Å². The maximum Gasteiger partial charge on any atom is 0.137 e. The fourth-order valence-corrected chi connectivity index (χ4v) is 2.49. The Morgan fingerprint density at radius 1 is 1.30 bits per heavy atom. The second-order valence-electron chi connectivity index (χ2n) is 6.35. The molecule has 0 spiro atoms. The summed E-state index contributed by atoms with van der Waals surface area (Å²) in [5.74, 6) is 1.52. The van der Waals surface area contributed by atoms with E-state index in [0.29, 0.717) is 17.9 Å². The molecule has 1 aromatic rings. The van der Waals surface area contributed by atoms with E-state index in [1.54, 1.807) is 6.07 Å². The molecule has 0 aliphatic heterocycles. The first-order valence-corrected chi connectivity index (χ1v) is 7.73. The van der Waals surface area contributed by atoms with E-state index < -0.39 is 0 Å². The van der Waals surface area contributed by atoms with Crippen molar-refractivity contribution in [2.45, 2.75) is 58.0 Å². The predicted molar refractivity (Wildman–Crippen MR) is 82.4 cm³/mol. The molecular weight excluding hydrogens is 274 g/mol. The zero-order valence-electron chi connectivity index (χ0n) is 12.6. The van der Waals surface area contributed by atoms with Crippen LogP contribution in [0.2, 0.25) is 5.15 Å². The molecule has 0 saturated heterocycles. The van der Waals surface area contributed by atoms with Crippen molar-refractivity contribution >= 4 is 17.4 Å². The average Bonchev–Trinajstić information content (AvgIpc) is 2.86. The van der Waals surface area contributed by atoms with Crippen molar-refractivity contribution in [1.82, 2.24) is 9.97 Å².